The van der Waals surface area contributed by atoms with Crippen LogP contribution in [0.1, 0.15) is 12.5 Å². The summed E-state index contributed by atoms with van der Waals surface area (Å²) in [5.41, 5.74) is 0.870. The van der Waals surface area contributed by atoms with Gasteiger partial charge in [0.1, 0.15) is 11.3 Å². The first-order valence-corrected chi connectivity index (χ1v) is 8.45. The van der Waals surface area contributed by atoms with Crippen molar-refractivity contribution in [3.8, 4) is 17.2 Å². The summed E-state index contributed by atoms with van der Waals surface area (Å²) in [6.07, 6.45) is -0.716. The standard InChI is InChI=1S/C20H17NO6/c1-12(26-15-5-3-14-4-7-19(22)27-17(14)9-15)20(23)21-10-13-2-6-16-18(8-13)25-11-24-16/h2-9,12H,10-11H2,1H3,(H,21,23)/t12-/m0/s1. The third-order valence-electron chi connectivity index (χ3n) is 4.18. The summed E-state index contributed by atoms with van der Waals surface area (Å²) < 4.78 is 21.4. The number of ether oxygens (including phenoxy) is 3. The minimum absolute atomic E-state index is 0.210. The van der Waals surface area contributed by atoms with Crippen LogP contribution in [0.25, 0.3) is 11.0 Å². The molecule has 27 heavy (non-hydrogen) atoms. The lowest BCUT2D eigenvalue weighted by molar-refractivity contribution is -0.127. The molecule has 4 rings (SSSR count). The lowest BCUT2D eigenvalue weighted by Crippen LogP contribution is -2.35. The number of benzene rings is 2. The smallest absolute Gasteiger partial charge is 0.336 e. The van der Waals surface area contributed by atoms with Gasteiger partial charge in [0.05, 0.1) is 0 Å². The van der Waals surface area contributed by atoms with Crippen LogP contribution in [-0.2, 0) is 11.3 Å². The predicted octanol–water partition coefficient (Wildman–Crippen LogP) is 2.61. The molecule has 1 aromatic heterocycles. The summed E-state index contributed by atoms with van der Waals surface area (Å²) in [7, 11) is 0. The Morgan fingerprint density at radius 3 is 2.81 bits per heavy atom. The molecule has 0 unspecified atom stereocenters. The van der Waals surface area contributed by atoms with Crippen molar-refractivity contribution in [3.05, 3.63) is 64.5 Å². The van der Waals surface area contributed by atoms with Crippen LogP contribution >= 0.6 is 0 Å². The molecule has 0 fully saturated rings. The first kappa shape index (κ1) is 17.0. The molecule has 2 heterocycles. The highest BCUT2D eigenvalue weighted by Crippen LogP contribution is 2.32. The highest BCUT2D eigenvalue weighted by molar-refractivity contribution is 5.81. The van der Waals surface area contributed by atoms with Crippen LogP contribution in [0.5, 0.6) is 17.2 Å². The predicted molar refractivity (Wildman–Crippen MR) is 97.0 cm³/mol. The molecule has 0 aliphatic carbocycles. The van der Waals surface area contributed by atoms with E-state index in [1.807, 2.05) is 18.2 Å². The Kier molecular flexibility index (Phi) is 4.42. The van der Waals surface area contributed by atoms with Crippen molar-refractivity contribution in [1.82, 2.24) is 5.32 Å². The number of hydrogen-bond donors (Lipinski definition) is 1. The summed E-state index contributed by atoms with van der Waals surface area (Å²) in [6.45, 7) is 2.21. The van der Waals surface area contributed by atoms with E-state index in [0.717, 1.165) is 10.9 Å². The fourth-order valence-corrected chi connectivity index (χ4v) is 2.76. The number of rotatable bonds is 5. The van der Waals surface area contributed by atoms with Crippen molar-refractivity contribution in [2.45, 2.75) is 19.6 Å². The monoisotopic (exact) mass is 367 g/mol. The third-order valence-corrected chi connectivity index (χ3v) is 4.18. The Morgan fingerprint density at radius 1 is 1.11 bits per heavy atom. The van der Waals surface area contributed by atoms with E-state index in [4.69, 9.17) is 18.6 Å². The number of fused-ring (bicyclic) bond motifs is 2. The van der Waals surface area contributed by atoms with Crippen molar-refractivity contribution in [1.29, 1.82) is 0 Å². The zero-order valence-corrected chi connectivity index (χ0v) is 14.6. The summed E-state index contributed by atoms with van der Waals surface area (Å²) >= 11 is 0. The molecule has 0 radical (unpaired) electrons. The van der Waals surface area contributed by atoms with E-state index >= 15 is 0 Å². The number of hydrogen-bond acceptors (Lipinski definition) is 6. The van der Waals surface area contributed by atoms with Gasteiger partial charge in [0.2, 0.25) is 6.79 Å². The second-order valence-corrected chi connectivity index (χ2v) is 6.12. The average Bonchev–Trinajstić information content (AvgIpc) is 3.13. The third kappa shape index (κ3) is 3.72. The van der Waals surface area contributed by atoms with E-state index in [-0.39, 0.29) is 12.7 Å². The molecule has 0 bridgehead atoms. The Bertz CT molecular complexity index is 1060. The molecular formula is C20H17NO6. The fourth-order valence-electron chi connectivity index (χ4n) is 2.76. The van der Waals surface area contributed by atoms with Crippen molar-refractivity contribution in [2.75, 3.05) is 6.79 Å². The topological polar surface area (TPSA) is 87.0 Å². The van der Waals surface area contributed by atoms with Crippen molar-refractivity contribution < 1.29 is 23.4 Å². The van der Waals surface area contributed by atoms with Crippen LogP contribution in [0.4, 0.5) is 0 Å². The molecular weight excluding hydrogens is 350 g/mol. The highest BCUT2D eigenvalue weighted by atomic mass is 16.7. The van der Waals surface area contributed by atoms with E-state index in [9.17, 15) is 9.59 Å². The normalized spacial score (nSPS) is 13.4. The number of amides is 1. The highest BCUT2D eigenvalue weighted by Gasteiger charge is 2.17. The van der Waals surface area contributed by atoms with Gasteiger partial charge in [-0.15, -0.1) is 0 Å². The van der Waals surface area contributed by atoms with E-state index in [2.05, 4.69) is 5.32 Å². The largest absolute Gasteiger partial charge is 0.481 e. The van der Waals surface area contributed by atoms with Gasteiger partial charge in [0, 0.05) is 24.1 Å². The van der Waals surface area contributed by atoms with Crippen LogP contribution in [-0.4, -0.2) is 18.8 Å². The maximum Gasteiger partial charge on any atom is 0.336 e. The second kappa shape index (κ2) is 7.03. The number of nitrogens with one attached hydrogen (secondary N) is 1. The molecule has 0 spiro atoms. The summed E-state index contributed by atoms with van der Waals surface area (Å²) in [4.78, 5) is 23.6. The maximum absolute atomic E-state index is 12.3. The van der Waals surface area contributed by atoms with Gasteiger partial charge in [-0.1, -0.05) is 6.07 Å². The van der Waals surface area contributed by atoms with E-state index < -0.39 is 11.7 Å². The molecule has 7 nitrogen and oxygen atoms in total. The minimum Gasteiger partial charge on any atom is -0.481 e. The quantitative estimate of drug-likeness (QED) is 0.698. The van der Waals surface area contributed by atoms with Crippen LogP contribution in [0.2, 0.25) is 0 Å². The molecule has 7 heteroatoms. The molecule has 1 aliphatic heterocycles. The Morgan fingerprint density at radius 2 is 1.93 bits per heavy atom. The Balaban J connectivity index is 1.38. The van der Waals surface area contributed by atoms with E-state index in [1.165, 1.54) is 6.07 Å². The molecule has 1 aliphatic rings. The van der Waals surface area contributed by atoms with Gasteiger partial charge >= 0.3 is 5.63 Å². The molecule has 1 amide bonds. The average molecular weight is 367 g/mol. The lowest BCUT2D eigenvalue weighted by atomic mass is 10.2. The summed E-state index contributed by atoms with van der Waals surface area (Å²) in [5, 5.41) is 3.60. The SMILES string of the molecule is C[C@H](Oc1ccc2ccc(=O)oc2c1)C(=O)NCc1ccc2c(c1)OCO2. The van der Waals surface area contributed by atoms with Gasteiger partial charge < -0.3 is 23.9 Å². The van der Waals surface area contributed by atoms with Gasteiger partial charge in [0.15, 0.2) is 17.6 Å². The second-order valence-electron chi connectivity index (χ2n) is 6.12. The van der Waals surface area contributed by atoms with Crippen LogP contribution < -0.4 is 25.2 Å². The fraction of sp³-hybridized carbons (Fsp3) is 0.200. The number of carbonyl (C=O) groups excluding carboxylic acids is 1. The molecule has 3 aromatic rings. The maximum atomic E-state index is 12.3. The van der Waals surface area contributed by atoms with Crippen molar-refractivity contribution in [2.24, 2.45) is 0 Å². The van der Waals surface area contributed by atoms with Gasteiger partial charge in [-0.2, -0.15) is 0 Å². The van der Waals surface area contributed by atoms with Crippen LogP contribution in [0.3, 0.4) is 0 Å². The first-order chi connectivity index (χ1) is 13.1. The van der Waals surface area contributed by atoms with E-state index in [1.54, 1.807) is 31.2 Å². The molecule has 138 valence electrons. The molecule has 2 aromatic carbocycles. The van der Waals surface area contributed by atoms with Gasteiger partial charge in [0.25, 0.3) is 5.91 Å². The van der Waals surface area contributed by atoms with Crippen LogP contribution in [0, 0.1) is 0 Å². The van der Waals surface area contributed by atoms with Crippen molar-refractivity contribution >= 4 is 16.9 Å². The number of carbonyl (C=O) groups is 1. The Hall–Kier alpha value is -3.48. The lowest BCUT2D eigenvalue weighted by Gasteiger charge is -2.15. The zero-order valence-electron chi connectivity index (χ0n) is 14.6. The first-order valence-electron chi connectivity index (χ1n) is 8.45. The van der Waals surface area contributed by atoms with Gasteiger partial charge in [-0.05, 0) is 42.8 Å². The van der Waals surface area contributed by atoms with E-state index in [0.29, 0.717) is 29.4 Å². The van der Waals surface area contributed by atoms with Gasteiger partial charge in [-0.3, -0.25) is 4.79 Å². The van der Waals surface area contributed by atoms with Crippen LogP contribution in [0.15, 0.2) is 57.7 Å². The molecule has 1 N–H and O–H groups in total. The molecule has 0 saturated heterocycles. The minimum atomic E-state index is -0.716. The summed E-state index contributed by atoms with van der Waals surface area (Å²) in [6, 6.07) is 13.6. The Labute approximate surface area is 154 Å². The van der Waals surface area contributed by atoms with Crippen molar-refractivity contribution in [3.63, 3.8) is 0 Å². The summed E-state index contributed by atoms with van der Waals surface area (Å²) in [5.74, 6) is 1.55. The van der Waals surface area contributed by atoms with Gasteiger partial charge in [-0.25, -0.2) is 4.79 Å². The zero-order chi connectivity index (χ0) is 18.8. The molecule has 0 saturated carbocycles. The molecule has 1 atom stereocenters.